The Labute approximate surface area is 120 Å². The van der Waals surface area contributed by atoms with Gasteiger partial charge in [0.1, 0.15) is 5.82 Å². The summed E-state index contributed by atoms with van der Waals surface area (Å²) in [5, 5.41) is 9.86. The molecule has 0 aromatic heterocycles. The maximum atomic E-state index is 13.7. The zero-order valence-electron chi connectivity index (χ0n) is 12.5. The Morgan fingerprint density at radius 1 is 1.50 bits per heavy atom. The molecule has 4 heteroatoms. The van der Waals surface area contributed by atoms with Crippen molar-refractivity contribution in [3.05, 3.63) is 29.1 Å². The summed E-state index contributed by atoms with van der Waals surface area (Å²) in [5.41, 5.74) is 2.16. The van der Waals surface area contributed by atoms with E-state index >= 15 is 0 Å². The van der Waals surface area contributed by atoms with Crippen molar-refractivity contribution >= 4 is 5.69 Å². The van der Waals surface area contributed by atoms with Gasteiger partial charge in [-0.1, -0.05) is 0 Å². The maximum absolute atomic E-state index is 13.7. The predicted molar refractivity (Wildman–Crippen MR) is 78.6 cm³/mol. The number of hydrogen-bond acceptors (Lipinski definition) is 3. The Balaban J connectivity index is 2.19. The van der Waals surface area contributed by atoms with Crippen LogP contribution < -0.4 is 4.90 Å². The summed E-state index contributed by atoms with van der Waals surface area (Å²) >= 11 is 0. The average Bonchev–Trinajstić information content (AvgIpc) is 2.42. The molecule has 1 saturated heterocycles. The Morgan fingerprint density at radius 2 is 2.25 bits per heavy atom. The first-order chi connectivity index (χ1) is 9.49. The summed E-state index contributed by atoms with van der Waals surface area (Å²) in [6.45, 7) is 5.93. The highest BCUT2D eigenvalue weighted by molar-refractivity contribution is 5.56. The lowest BCUT2D eigenvalue weighted by atomic mass is 9.99. The minimum Gasteiger partial charge on any atom is -0.389 e. The Kier molecular flexibility index (Phi) is 5.00. The van der Waals surface area contributed by atoms with Crippen LogP contribution in [0.5, 0.6) is 0 Å². The molecule has 0 saturated carbocycles. The standard InChI is InChI=1S/C16H24FNO2/c1-11-7-16(14(12(2)19)8-15(11)17)18(3)9-13-5-4-6-20-10-13/h7-8,12-13,19H,4-6,9-10H2,1-3H3. The summed E-state index contributed by atoms with van der Waals surface area (Å²) in [6.07, 6.45) is 1.59. The van der Waals surface area contributed by atoms with Gasteiger partial charge < -0.3 is 14.7 Å². The number of aliphatic hydroxyl groups is 1. The van der Waals surface area contributed by atoms with Crippen molar-refractivity contribution in [3.8, 4) is 0 Å². The van der Waals surface area contributed by atoms with Crippen LogP contribution in [-0.2, 0) is 4.74 Å². The SMILES string of the molecule is Cc1cc(N(C)CC2CCCOC2)c(C(C)O)cc1F. The van der Waals surface area contributed by atoms with Crippen molar-refractivity contribution < 1.29 is 14.2 Å². The third-order valence-corrected chi connectivity index (χ3v) is 3.96. The molecule has 1 aromatic rings. The summed E-state index contributed by atoms with van der Waals surface area (Å²) in [6, 6.07) is 3.27. The van der Waals surface area contributed by atoms with E-state index in [9.17, 15) is 9.50 Å². The van der Waals surface area contributed by atoms with Gasteiger partial charge in [-0.15, -0.1) is 0 Å². The molecule has 3 nitrogen and oxygen atoms in total. The lowest BCUT2D eigenvalue weighted by Gasteiger charge is -2.30. The molecular weight excluding hydrogens is 257 g/mol. The second-order valence-corrected chi connectivity index (χ2v) is 5.80. The second kappa shape index (κ2) is 6.55. The van der Waals surface area contributed by atoms with E-state index < -0.39 is 6.10 Å². The number of halogens is 1. The average molecular weight is 281 g/mol. The van der Waals surface area contributed by atoms with Gasteiger partial charge in [-0.2, -0.15) is 0 Å². The Bertz CT molecular complexity index is 456. The van der Waals surface area contributed by atoms with Crippen LogP contribution in [-0.4, -0.2) is 31.9 Å². The summed E-state index contributed by atoms with van der Waals surface area (Å²) < 4.78 is 19.2. The molecule has 0 radical (unpaired) electrons. The number of anilines is 1. The molecular formula is C16H24FNO2. The van der Waals surface area contributed by atoms with E-state index in [2.05, 4.69) is 4.90 Å². The van der Waals surface area contributed by atoms with Crippen LogP contribution in [0, 0.1) is 18.7 Å². The maximum Gasteiger partial charge on any atom is 0.126 e. The van der Waals surface area contributed by atoms with Crippen molar-refractivity contribution in [2.24, 2.45) is 5.92 Å². The fraction of sp³-hybridized carbons (Fsp3) is 0.625. The fourth-order valence-corrected chi connectivity index (χ4v) is 2.78. The van der Waals surface area contributed by atoms with Crippen molar-refractivity contribution in [1.29, 1.82) is 0 Å². The van der Waals surface area contributed by atoms with E-state index in [1.807, 2.05) is 13.1 Å². The second-order valence-electron chi connectivity index (χ2n) is 5.80. The topological polar surface area (TPSA) is 32.7 Å². The van der Waals surface area contributed by atoms with Crippen LogP contribution in [0.25, 0.3) is 0 Å². The molecule has 1 heterocycles. The number of benzene rings is 1. The molecule has 1 fully saturated rings. The fourth-order valence-electron chi connectivity index (χ4n) is 2.78. The van der Waals surface area contributed by atoms with Gasteiger partial charge in [0.05, 0.1) is 12.7 Å². The van der Waals surface area contributed by atoms with Crippen molar-refractivity contribution in [1.82, 2.24) is 0 Å². The van der Waals surface area contributed by atoms with Gasteiger partial charge in [-0.3, -0.25) is 0 Å². The lowest BCUT2D eigenvalue weighted by Crippen LogP contribution is -2.31. The normalized spacial score (nSPS) is 20.8. The van der Waals surface area contributed by atoms with Gasteiger partial charge in [0.15, 0.2) is 0 Å². The van der Waals surface area contributed by atoms with Gasteiger partial charge in [-0.25, -0.2) is 4.39 Å². The molecule has 1 aliphatic heterocycles. The van der Waals surface area contributed by atoms with Crippen LogP contribution in [0.4, 0.5) is 10.1 Å². The molecule has 0 bridgehead atoms. The van der Waals surface area contributed by atoms with E-state index in [1.54, 1.807) is 13.8 Å². The Morgan fingerprint density at radius 3 is 2.85 bits per heavy atom. The molecule has 1 aliphatic rings. The molecule has 2 rings (SSSR count). The highest BCUT2D eigenvalue weighted by Gasteiger charge is 2.19. The number of aliphatic hydroxyl groups excluding tert-OH is 1. The van der Waals surface area contributed by atoms with Gasteiger partial charge in [0.25, 0.3) is 0 Å². The predicted octanol–water partition coefficient (Wildman–Crippen LogP) is 3.05. The number of nitrogens with zero attached hydrogens (tertiary/aromatic N) is 1. The zero-order chi connectivity index (χ0) is 14.7. The smallest absolute Gasteiger partial charge is 0.126 e. The molecule has 0 aliphatic carbocycles. The van der Waals surface area contributed by atoms with E-state index in [0.717, 1.165) is 38.3 Å². The summed E-state index contributed by atoms with van der Waals surface area (Å²) in [7, 11) is 1.99. The minimum atomic E-state index is -0.676. The number of rotatable bonds is 4. The molecule has 1 N–H and O–H groups in total. The number of hydrogen-bond donors (Lipinski definition) is 1. The monoisotopic (exact) mass is 281 g/mol. The van der Waals surface area contributed by atoms with Crippen molar-refractivity contribution in [2.45, 2.75) is 32.8 Å². The van der Waals surface area contributed by atoms with Gasteiger partial charge in [0, 0.05) is 31.5 Å². The molecule has 2 unspecified atom stereocenters. The summed E-state index contributed by atoms with van der Waals surface area (Å²) in [4.78, 5) is 2.10. The molecule has 0 amide bonds. The van der Waals surface area contributed by atoms with Crippen LogP contribution in [0.3, 0.4) is 0 Å². The first-order valence-electron chi connectivity index (χ1n) is 7.26. The highest BCUT2D eigenvalue weighted by atomic mass is 19.1. The van der Waals surface area contributed by atoms with Crippen LogP contribution in [0.1, 0.15) is 37.0 Å². The number of ether oxygens (including phenoxy) is 1. The summed E-state index contributed by atoms with van der Waals surface area (Å²) in [5.74, 6) is 0.236. The van der Waals surface area contributed by atoms with Crippen molar-refractivity contribution in [2.75, 3.05) is 31.7 Å². The van der Waals surface area contributed by atoms with E-state index in [-0.39, 0.29) is 5.82 Å². The zero-order valence-corrected chi connectivity index (χ0v) is 12.5. The Hall–Kier alpha value is -1.13. The highest BCUT2D eigenvalue weighted by Crippen LogP contribution is 2.29. The molecule has 0 spiro atoms. The molecule has 1 aromatic carbocycles. The van der Waals surface area contributed by atoms with Crippen LogP contribution in [0.15, 0.2) is 12.1 Å². The van der Waals surface area contributed by atoms with Crippen LogP contribution >= 0.6 is 0 Å². The first kappa shape index (κ1) is 15.3. The van der Waals surface area contributed by atoms with E-state index in [0.29, 0.717) is 17.0 Å². The number of aryl methyl sites for hydroxylation is 1. The molecule has 20 heavy (non-hydrogen) atoms. The third-order valence-electron chi connectivity index (χ3n) is 3.96. The van der Waals surface area contributed by atoms with Gasteiger partial charge >= 0.3 is 0 Å². The first-order valence-corrected chi connectivity index (χ1v) is 7.26. The quantitative estimate of drug-likeness (QED) is 0.920. The lowest BCUT2D eigenvalue weighted by molar-refractivity contribution is 0.0576. The molecule has 112 valence electrons. The molecule has 2 atom stereocenters. The minimum absolute atomic E-state index is 0.265. The van der Waals surface area contributed by atoms with Gasteiger partial charge in [0.2, 0.25) is 0 Å². The largest absolute Gasteiger partial charge is 0.389 e. The van der Waals surface area contributed by atoms with E-state index in [1.165, 1.54) is 6.07 Å². The third kappa shape index (κ3) is 3.49. The van der Waals surface area contributed by atoms with Crippen LogP contribution in [0.2, 0.25) is 0 Å². The van der Waals surface area contributed by atoms with E-state index in [4.69, 9.17) is 4.74 Å². The van der Waals surface area contributed by atoms with Crippen molar-refractivity contribution in [3.63, 3.8) is 0 Å². The van der Waals surface area contributed by atoms with Gasteiger partial charge in [-0.05, 0) is 50.3 Å².